The first-order valence-corrected chi connectivity index (χ1v) is 12.5. The van der Waals surface area contributed by atoms with Gasteiger partial charge in [-0.3, -0.25) is 0 Å². The third kappa shape index (κ3) is 5.69. The van der Waals surface area contributed by atoms with Gasteiger partial charge in [0.15, 0.2) is 14.7 Å². The van der Waals surface area contributed by atoms with Crippen LogP contribution in [-0.2, 0) is 10.9 Å². The fourth-order valence-corrected chi connectivity index (χ4v) is 7.95. The minimum atomic E-state index is -6.00. The quantitative estimate of drug-likeness (QED) is 0.163. The SMILES string of the molecule is F[B-](F)(F)F.c1ccc2c(c1)Sc1ccccc1[S+]2c1ccc(C2CCCCC2)cc1. The summed E-state index contributed by atoms with van der Waals surface area (Å²) >= 11 is 1.91. The van der Waals surface area contributed by atoms with Gasteiger partial charge in [-0.25, -0.2) is 0 Å². The van der Waals surface area contributed by atoms with Crippen LogP contribution in [0.2, 0.25) is 0 Å². The lowest BCUT2D eigenvalue weighted by Crippen LogP contribution is -2.11. The van der Waals surface area contributed by atoms with Crippen molar-refractivity contribution in [1.82, 2.24) is 0 Å². The van der Waals surface area contributed by atoms with Crippen LogP contribution in [0, 0.1) is 0 Å². The Labute approximate surface area is 187 Å². The molecule has 0 bridgehead atoms. The Hall–Kier alpha value is -1.86. The van der Waals surface area contributed by atoms with Crippen LogP contribution < -0.4 is 0 Å². The maximum absolute atomic E-state index is 9.75. The van der Waals surface area contributed by atoms with Gasteiger partial charge in [0.1, 0.15) is 10.9 Å². The van der Waals surface area contributed by atoms with Crippen molar-refractivity contribution in [3.8, 4) is 0 Å². The number of hydrogen-bond donors (Lipinski definition) is 0. The predicted octanol–water partition coefficient (Wildman–Crippen LogP) is 8.59. The molecule has 1 fully saturated rings. The zero-order valence-corrected chi connectivity index (χ0v) is 18.6. The van der Waals surface area contributed by atoms with Crippen LogP contribution >= 0.6 is 11.8 Å². The van der Waals surface area contributed by atoms with E-state index in [1.54, 1.807) is 5.56 Å². The maximum Gasteiger partial charge on any atom is 0.673 e. The molecule has 1 aliphatic heterocycles. The smallest absolute Gasteiger partial charge is 0.418 e. The van der Waals surface area contributed by atoms with E-state index in [9.17, 15) is 17.3 Å². The van der Waals surface area contributed by atoms with Gasteiger partial charge in [-0.1, -0.05) is 67.4 Å². The van der Waals surface area contributed by atoms with Crippen molar-refractivity contribution in [3.63, 3.8) is 0 Å². The zero-order valence-electron chi connectivity index (χ0n) is 16.9. The topological polar surface area (TPSA) is 0 Å². The summed E-state index contributed by atoms with van der Waals surface area (Å²) in [5.74, 6) is 0.780. The van der Waals surface area contributed by atoms with E-state index in [1.807, 2.05) is 11.8 Å². The number of fused-ring (bicyclic) bond motifs is 2. The largest absolute Gasteiger partial charge is 0.673 e. The second-order valence-electron chi connectivity index (χ2n) is 7.70. The Balaban J connectivity index is 0.000000418. The van der Waals surface area contributed by atoms with Crippen molar-refractivity contribution in [1.29, 1.82) is 0 Å². The average molecular weight is 462 g/mol. The van der Waals surface area contributed by atoms with Crippen molar-refractivity contribution in [2.75, 3.05) is 0 Å². The molecule has 162 valence electrons. The van der Waals surface area contributed by atoms with Crippen LogP contribution in [0.15, 0.2) is 97.3 Å². The number of rotatable bonds is 2. The lowest BCUT2D eigenvalue weighted by Gasteiger charge is -2.22. The van der Waals surface area contributed by atoms with Gasteiger partial charge < -0.3 is 17.3 Å². The number of hydrogen-bond acceptors (Lipinski definition) is 1. The second-order valence-corrected chi connectivity index (χ2v) is 10.7. The van der Waals surface area contributed by atoms with Crippen LogP contribution in [0.1, 0.15) is 43.6 Å². The van der Waals surface area contributed by atoms with Crippen molar-refractivity contribution in [2.24, 2.45) is 0 Å². The molecule has 1 aliphatic carbocycles. The average Bonchev–Trinajstić information content (AvgIpc) is 2.77. The molecular formula is C24H23BF4S2. The summed E-state index contributed by atoms with van der Waals surface area (Å²) < 4.78 is 39.0. The highest BCUT2D eigenvalue weighted by Crippen LogP contribution is 2.48. The van der Waals surface area contributed by atoms with Gasteiger partial charge in [0.05, 0.1) is 9.79 Å². The van der Waals surface area contributed by atoms with E-state index in [0.717, 1.165) is 5.92 Å². The first kappa shape index (κ1) is 22.3. The zero-order chi connectivity index (χ0) is 21.8. The van der Waals surface area contributed by atoms with E-state index in [2.05, 4.69) is 72.8 Å². The fourth-order valence-electron chi connectivity index (χ4n) is 4.21. The first-order chi connectivity index (χ1) is 14.9. The molecule has 0 saturated heterocycles. The molecule has 0 aromatic heterocycles. The molecule has 1 saturated carbocycles. The van der Waals surface area contributed by atoms with Crippen LogP contribution in [0.5, 0.6) is 0 Å². The summed E-state index contributed by atoms with van der Waals surface area (Å²) in [4.78, 5) is 7.21. The van der Waals surface area contributed by atoms with Crippen molar-refractivity contribution < 1.29 is 17.3 Å². The molecule has 0 radical (unpaired) electrons. The lowest BCUT2D eigenvalue weighted by molar-refractivity contribution is 0.368. The lowest BCUT2D eigenvalue weighted by atomic mass is 9.84. The molecule has 0 N–H and O–H groups in total. The molecule has 0 nitrogen and oxygen atoms in total. The van der Waals surface area contributed by atoms with E-state index in [-0.39, 0.29) is 10.9 Å². The molecule has 0 unspecified atom stereocenters. The molecule has 2 aliphatic rings. The predicted molar refractivity (Wildman–Crippen MR) is 122 cm³/mol. The molecule has 1 heterocycles. The van der Waals surface area contributed by atoms with Crippen molar-refractivity contribution in [2.45, 2.75) is 62.5 Å². The van der Waals surface area contributed by atoms with Gasteiger partial charge in [-0.15, -0.1) is 0 Å². The Bertz CT molecular complexity index is 963. The molecule has 3 aromatic rings. The molecule has 31 heavy (non-hydrogen) atoms. The van der Waals surface area contributed by atoms with Crippen LogP contribution in [-0.4, -0.2) is 7.25 Å². The van der Waals surface area contributed by atoms with Gasteiger partial charge in [0, 0.05) is 0 Å². The number of benzene rings is 3. The molecule has 5 rings (SSSR count). The van der Waals surface area contributed by atoms with E-state index in [0.29, 0.717) is 0 Å². The molecule has 3 aromatic carbocycles. The van der Waals surface area contributed by atoms with E-state index >= 15 is 0 Å². The minimum absolute atomic E-state index is 0.00805. The Morgan fingerprint density at radius 3 is 1.68 bits per heavy atom. The molecule has 0 atom stereocenters. The Morgan fingerprint density at radius 2 is 1.16 bits per heavy atom. The monoisotopic (exact) mass is 462 g/mol. The van der Waals surface area contributed by atoms with Crippen LogP contribution in [0.4, 0.5) is 17.3 Å². The highest BCUT2D eigenvalue weighted by atomic mass is 32.2. The summed E-state index contributed by atoms with van der Waals surface area (Å²) in [6.45, 7) is 0. The van der Waals surface area contributed by atoms with E-state index in [1.165, 1.54) is 56.6 Å². The highest BCUT2D eigenvalue weighted by Gasteiger charge is 2.37. The van der Waals surface area contributed by atoms with Gasteiger partial charge in [-0.2, -0.15) is 0 Å². The Morgan fingerprint density at radius 1 is 0.677 bits per heavy atom. The van der Waals surface area contributed by atoms with Crippen molar-refractivity contribution >= 4 is 29.9 Å². The Kier molecular flexibility index (Phi) is 7.02. The van der Waals surface area contributed by atoms with E-state index < -0.39 is 7.25 Å². The summed E-state index contributed by atoms with van der Waals surface area (Å²) in [6.07, 6.45) is 6.95. The van der Waals surface area contributed by atoms with Gasteiger partial charge in [0.2, 0.25) is 0 Å². The van der Waals surface area contributed by atoms with E-state index in [4.69, 9.17) is 0 Å². The summed E-state index contributed by atoms with van der Waals surface area (Å²) in [6, 6.07) is 27.5. The molecule has 7 heteroatoms. The molecule has 0 amide bonds. The normalized spacial score (nSPS) is 16.6. The van der Waals surface area contributed by atoms with Crippen LogP contribution in [0.3, 0.4) is 0 Å². The second kappa shape index (κ2) is 9.74. The number of halogens is 4. The van der Waals surface area contributed by atoms with Gasteiger partial charge >= 0.3 is 7.25 Å². The van der Waals surface area contributed by atoms with Gasteiger partial charge in [0.25, 0.3) is 0 Å². The highest BCUT2D eigenvalue weighted by molar-refractivity contribution is 8.04. The summed E-state index contributed by atoms with van der Waals surface area (Å²) in [5, 5.41) is 0. The molecular weight excluding hydrogens is 439 g/mol. The summed E-state index contributed by atoms with van der Waals surface area (Å²) in [5.41, 5.74) is 1.55. The van der Waals surface area contributed by atoms with Gasteiger partial charge in [-0.05, 0) is 60.7 Å². The standard InChI is InChI=1S/C24H23S2.BF4/c1-2-8-18(9-3-1)19-14-16-20(17-15-19)26-23-12-6-4-10-21(23)25-22-11-5-7-13-24(22)26;2-1(3,4)5/h4-7,10-18H,1-3,8-9H2;/q+1;-1. The fraction of sp³-hybridized carbons (Fsp3) is 0.250. The maximum atomic E-state index is 9.75. The third-order valence-electron chi connectivity index (χ3n) is 5.55. The first-order valence-electron chi connectivity index (χ1n) is 10.5. The summed E-state index contributed by atoms with van der Waals surface area (Å²) in [7, 11) is -5.99. The third-order valence-corrected chi connectivity index (χ3v) is 9.30. The molecule has 0 spiro atoms. The minimum Gasteiger partial charge on any atom is -0.418 e. The van der Waals surface area contributed by atoms with Crippen LogP contribution in [0.25, 0.3) is 0 Å². The van der Waals surface area contributed by atoms with Crippen molar-refractivity contribution in [3.05, 3.63) is 78.4 Å².